The Morgan fingerprint density at radius 3 is 2.80 bits per heavy atom. The quantitative estimate of drug-likeness (QED) is 0.583. The molecule has 1 rings (SSSR count). The lowest BCUT2D eigenvalue weighted by Gasteiger charge is -2.18. The van der Waals surface area contributed by atoms with Crippen molar-refractivity contribution in [3.63, 3.8) is 0 Å². The Balaban J connectivity index is 2.33. The first-order chi connectivity index (χ1) is 6.94. The van der Waals surface area contributed by atoms with E-state index in [0.717, 1.165) is 0 Å². The van der Waals surface area contributed by atoms with E-state index in [1.807, 2.05) is 13.8 Å². The molecule has 0 amide bonds. The van der Waals surface area contributed by atoms with Crippen molar-refractivity contribution in [1.82, 2.24) is 0 Å². The second-order valence-corrected chi connectivity index (χ2v) is 5.01. The number of alkyl halides is 1. The standard InChI is InChI=1S/C10H17BrO4/c1-4-13-9(12)8(11)5-7-6-14-10(2,3)15-7/h7-8H,4-6H2,1-3H3. The van der Waals surface area contributed by atoms with Crippen molar-refractivity contribution in [3.05, 3.63) is 0 Å². The fourth-order valence-electron chi connectivity index (χ4n) is 1.44. The lowest BCUT2D eigenvalue weighted by molar-refractivity contribution is -0.147. The molecule has 2 atom stereocenters. The zero-order chi connectivity index (χ0) is 11.5. The van der Waals surface area contributed by atoms with Crippen molar-refractivity contribution >= 4 is 21.9 Å². The number of carbonyl (C=O) groups excluding carboxylic acids is 1. The maximum absolute atomic E-state index is 11.3. The Labute approximate surface area is 98.4 Å². The number of halogens is 1. The molecular weight excluding hydrogens is 264 g/mol. The molecule has 0 N–H and O–H groups in total. The number of hydrogen-bond acceptors (Lipinski definition) is 4. The van der Waals surface area contributed by atoms with Gasteiger partial charge in [0.25, 0.3) is 0 Å². The first kappa shape index (κ1) is 12.9. The molecule has 1 aliphatic heterocycles. The number of esters is 1. The third-order valence-electron chi connectivity index (χ3n) is 2.08. The van der Waals surface area contributed by atoms with Gasteiger partial charge in [-0.05, 0) is 27.2 Å². The maximum atomic E-state index is 11.3. The second-order valence-electron chi connectivity index (χ2n) is 3.91. The predicted octanol–water partition coefficient (Wildman–Crippen LogP) is 1.85. The van der Waals surface area contributed by atoms with Crippen LogP contribution in [0.4, 0.5) is 0 Å². The van der Waals surface area contributed by atoms with E-state index < -0.39 is 5.79 Å². The third-order valence-corrected chi connectivity index (χ3v) is 2.83. The molecule has 5 heteroatoms. The molecule has 1 saturated heterocycles. The zero-order valence-electron chi connectivity index (χ0n) is 9.29. The molecule has 88 valence electrons. The molecule has 2 unspecified atom stereocenters. The highest BCUT2D eigenvalue weighted by Gasteiger charge is 2.35. The lowest BCUT2D eigenvalue weighted by Crippen LogP contribution is -2.26. The minimum Gasteiger partial charge on any atom is -0.465 e. The van der Waals surface area contributed by atoms with E-state index in [0.29, 0.717) is 19.6 Å². The summed E-state index contributed by atoms with van der Waals surface area (Å²) in [7, 11) is 0. The molecular formula is C10H17BrO4. The van der Waals surface area contributed by atoms with E-state index in [1.54, 1.807) is 6.92 Å². The summed E-state index contributed by atoms with van der Waals surface area (Å²) in [6, 6.07) is 0. The van der Waals surface area contributed by atoms with Gasteiger partial charge in [-0.15, -0.1) is 0 Å². The first-order valence-corrected chi connectivity index (χ1v) is 5.98. The summed E-state index contributed by atoms with van der Waals surface area (Å²) >= 11 is 3.28. The monoisotopic (exact) mass is 280 g/mol. The summed E-state index contributed by atoms with van der Waals surface area (Å²) in [6.07, 6.45) is 0.524. The molecule has 0 aliphatic carbocycles. The van der Waals surface area contributed by atoms with Crippen LogP contribution < -0.4 is 0 Å². The SMILES string of the molecule is CCOC(=O)C(Br)CC1COC(C)(C)O1. The van der Waals surface area contributed by atoms with Crippen LogP contribution in [0.5, 0.6) is 0 Å². The van der Waals surface area contributed by atoms with E-state index in [9.17, 15) is 4.79 Å². The minimum atomic E-state index is -0.536. The minimum absolute atomic E-state index is 0.0474. The van der Waals surface area contributed by atoms with Gasteiger partial charge in [0.2, 0.25) is 0 Å². The summed E-state index contributed by atoms with van der Waals surface area (Å²) in [4.78, 5) is 11.0. The summed E-state index contributed by atoms with van der Waals surface area (Å²) in [5.74, 6) is -0.780. The van der Waals surface area contributed by atoms with Crippen LogP contribution in [0.3, 0.4) is 0 Å². The first-order valence-electron chi connectivity index (χ1n) is 5.07. The smallest absolute Gasteiger partial charge is 0.319 e. The van der Waals surface area contributed by atoms with Crippen LogP contribution in [0.2, 0.25) is 0 Å². The Morgan fingerprint density at radius 2 is 2.33 bits per heavy atom. The van der Waals surface area contributed by atoms with Gasteiger partial charge in [0, 0.05) is 0 Å². The van der Waals surface area contributed by atoms with Gasteiger partial charge in [0.1, 0.15) is 4.83 Å². The molecule has 0 aromatic heterocycles. The number of ether oxygens (including phenoxy) is 3. The summed E-state index contributed by atoms with van der Waals surface area (Å²) in [5, 5.41) is 0. The van der Waals surface area contributed by atoms with Crippen LogP contribution in [0, 0.1) is 0 Å². The molecule has 0 saturated carbocycles. The number of hydrogen-bond donors (Lipinski definition) is 0. The van der Waals surface area contributed by atoms with Gasteiger partial charge in [-0.1, -0.05) is 15.9 Å². The van der Waals surface area contributed by atoms with Gasteiger partial charge in [-0.3, -0.25) is 4.79 Å². The predicted molar refractivity (Wildman–Crippen MR) is 58.9 cm³/mol. The highest BCUT2D eigenvalue weighted by molar-refractivity contribution is 9.10. The average Bonchev–Trinajstić information content (AvgIpc) is 2.46. The second kappa shape index (κ2) is 5.27. The van der Waals surface area contributed by atoms with Crippen molar-refractivity contribution in [2.24, 2.45) is 0 Å². The van der Waals surface area contributed by atoms with Crippen LogP contribution in [-0.4, -0.2) is 35.9 Å². The fourth-order valence-corrected chi connectivity index (χ4v) is 1.99. The average molecular weight is 281 g/mol. The molecule has 0 radical (unpaired) electrons. The summed E-state index contributed by atoms with van der Waals surface area (Å²) < 4.78 is 15.9. The Morgan fingerprint density at radius 1 is 1.67 bits per heavy atom. The Kier molecular flexibility index (Phi) is 4.55. The molecule has 0 aromatic carbocycles. The molecule has 0 aromatic rings. The van der Waals surface area contributed by atoms with E-state index in [1.165, 1.54) is 0 Å². The zero-order valence-corrected chi connectivity index (χ0v) is 10.9. The lowest BCUT2D eigenvalue weighted by atomic mass is 10.2. The van der Waals surface area contributed by atoms with Crippen LogP contribution in [0.25, 0.3) is 0 Å². The number of rotatable bonds is 4. The van der Waals surface area contributed by atoms with Gasteiger partial charge >= 0.3 is 5.97 Å². The fraction of sp³-hybridized carbons (Fsp3) is 0.900. The van der Waals surface area contributed by atoms with Crippen LogP contribution in [-0.2, 0) is 19.0 Å². The highest BCUT2D eigenvalue weighted by Crippen LogP contribution is 2.26. The molecule has 0 spiro atoms. The van der Waals surface area contributed by atoms with Crippen LogP contribution >= 0.6 is 15.9 Å². The van der Waals surface area contributed by atoms with E-state index >= 15 is 0 Å². The summed E-state index contributed by atoms with van der Waals surface area (Å²) in [6.45, 7) is 6.43. The topological polar surface area (TPSA) is 44.8 Å². The molecule has 0 bridgehead atoms. The number of carbonyl (C=O) groups is 1. The Hall–Kier alpha value is -0.130. The molecule has 15 heavy (non-hydrogen) atoms. The Bertz CT molecular complexity index is 229. The van der Waals surface area contributed by atoms with Crippen molar-refractivity contribution < 1.29 is 19.0 Å². The molecule has 1 fully saturated rings. The molecule has 4 nitrogen and oxygen atoms in total. The maximum Gasteiger partial charge on any atom is 0.319 e. The van der Waals surface area contributed by atoms with Crippen molar-refractivity contribution in [2.45, 2.75) is 43.9 Å². The highest BCUT2D eigenvalue weighted by atomic mass is 79.9. The van der Waals surface area contributed by atoms with Crippen LogP contribution in [0.15, 0.2) is 0 Å². The van der Waals surface area contributed by atoms with Gasteiger partial charge in [0.15, 0.2) is 5.79 Å². The van der Waals surface area contributed by atoms with E-state index in [-0.39, 0.29) is 16.9 Å². The third kappa shape index (κ3) is 4.09. The normalized spacial score (nSPS) is 26.3. The van der Waals surface area contributed by atoms with Crippen molar-refractivity contribution in [2.75, 3.05) is 13.2 Å². The van der Waals surface area contributed by atoms with Crippen molar-refractivity contribution in [3.8, 4) is 0 Å². The molecule has 1 aliphatic rings. The molecule has 1 heterocycles. The van der Waals surface area contributed by atoms with Gasteiger partial charge in [-0.2, -0.15) is 0 Å². The van der Waals surface area contributed by atoms with E-state index in [2.05, 4.69) is 15.9 Å². The van der Waals surface area contributed by atoms with Gasteiger partial charge in [0.05, 0.1) is 19.3 Å². The van der Waals surface area contributed by atoms with Crippen LogP contribution in [0.1, 0.15) is 27.2 Å². The summed E-state index contributed by atoms with van der Waals surface area (Å²) in [5.41, 5.74) is 0. The van der Waals surface area contributed by atoms with Gasteiger partial charge in [-0.25, -0.2) is 0 Å². The van der Waals surface area contributed by atoms with E-state index in [4.69, 9.17) is 14.2 Å². The largest absolute Gasteiger partial charge is 0.465 e. The van der Waals surface area contributed by atoms with Gasteiger partial charge < -0.3 is 14.2 Å². The van der Waals surface area contributed by atoms with Crippen molar-refractivity contribution in [1.29, 1.82) is 0 Å².